The average molecular weight is 221 g/mol. The zero-order valence-electron chi connectivity index (χ0n) is 9.27. The van der Waals surface area contributed by atoms with Crippen LogP contribution in [-0.2, 0) is 11.2 Å². The lowest BCUT2D eigenvalue weighted by molar-refractivity contribution is 0.0695. The summed E-state index contributed by atoms with van der Waals surface area (Å²) in [6, 6.07) is 3.46. The molecule has 0 bridgehead atoms. The molecule has 0 aromatic carbocycles. The molecule has 4 heteroatoms. The van der Waals surface area contributed by atoms with E-state index in [1.807, 2.05) is 13.0 Å². The molecule has 4 nitrogen and oxygen atoms in total. The van der Waals surface area contributed by atoms with Crippen LogP contribution in [0.2, 0.25) is 0 Å². The molecule has 1 aliphatic rings. The number of carboxylic acid groups (broad SMARTS) is 1. The van der Waals surface area contributed by atoms with Crippen molar-refractivity contribution in [3.8, 4) is 0 Å². The van der Waals surface area contributed by atoms with Crippen LogP contribution >= 0.6 is 0 Å². The molecular formula is C12H15NO3. The first-order chi connectivity index (χ1) is 7.72. The lowest BCUT2D eigenvalue weighted by Crippen LogP contribution is -2.08. The largest absolute Gasteiger partial charge is 0.478 e. The first kappa shape index (κ1) is 11.1. The van der Waals surface area contributed by atoms with Crippen LogP contribution in [0.1, 0.15) is 41.0 Å². The molecule has 1 unspecified atom stereocenters. The highest BCUT2D eigenvalue weighted by Gasteiger charge is 2.20. The number of carboxylic acids is 1. The third-order valence-electron chi connectivity index (χ3n) is 2.91. The molecule has 1 aromatic heterocycles. The van der Waals surface area contributed by atoms with Gasteiger partial charge in [-0.1, -0.05) is 6.92 Å². The third kappa shape index (κ3) is 2.07. The second-order valence-corrected chi connectivity index (χ2v) is 3.95. The van der Waals surface area contributed by atoms with Crippen molar-refractivity contribution >= 4 is 5.97 Å². The normalized spacial score (nSPS) is 19.9. The number of aryl methyl sites for hydroxylation is 1. The topological polar surface area (TPSA) is 59.4 Å². The van der Waals surface area contributed by atoms with Crippen molar-refractivity contribution in [2.45, 2.75) is 25.7 Å². The van der Waals surface area contributed by atoms with E-state index in [-0.39, 0.29) is 0 Å². The number of pyridine rings is 1. The molecule has 1 aliphatic heterocycles. The average Bonchev–Trinajstić information content (AvgIpc) is 2.81. The Morgan fingerprint density at radius 3 is 3.00 bits per heavy atom. The van der Waals surface area contributed by atoms with Crippen LogP contribution in [0.3, 0.4) is 0 Å². The van der Waals surface area contributed by atoms with Gasteiger partial charge in [-0.05, 0) is 25.0 Å². The second-order valence-electron chi connectivity index (χ2n) is 3.95. The van der Waals surface area contributed by atoms with Crippen molar-refractivity contribution in [3.05, 3.63) is 29.1 Å². The van der Waals surface area contributed by atoms with Gasteiger partial charge in [0, 0.05) is 18.2 Å². The first-order valence-corrected chi connectivity index (χ1v) is 5.53. The van der Waals surface area contributed by atoms with Crippen molar-refractivity contribution in [1.29, 1.82) is 0 Å². The van der Waals surface area contributed by atoms with Gasteiger partial charge in [-0.15, -0.1) is 0 Å². The highest BCUT2D eigenvalue weighted by Crippen LogP contribution is 2.24. The summed E-state index contributed by atoms with van der Waals surface area (Å²) in [6.45, 7) is 3.39. The number of ether oxygens (including phenoxy) is 1. The van der Waals surface area contributed by atoms with Crippen LogP contribution in [0.5, 0.6) is 0 Å². The molecular weight excluding hydrogens is 206 g/mol. The Labute approximate surface area is 94.3 Å². The van der Waals surface area contributed by atoms with E-state index < -0.39 is 5.97 Å². The molecule has 1 fully saturated rings. The predicted octanol–water partition coefficient (Wildman–Crippen LogP) is 1.85. The Morgan fingerprint density at radius 2 is 2.44 bits per heavy atom. The number of nitrogens with zero attached hydrogens (tertiary/aromatic N) is 1. The van der Waals surface area contributed by atoms with Gasteiger partial charge in [-0.3, -0.25) is 4.98 Å². The number of aromatic nitrogens is 1. The van der Waals surface area contributed by atoms with Crippen molar-refractivity contribution in [3.63, 3.8) is 0 Å². The smallest absolute Gasteiger partial charge is 0.337 e. The van der Waals surface area contributed by atoms with Gasteiger partial charge in [-0.2, -0.15) is 0 Å². The molecule has 1 N–H and O–H groups in total. The second kappa shape index (κ2) is 4.61. The predicted molar refractivity (Wildman–Crippen MR) is 58.8 cm³/mol. The number of hydrogen-bond acceptors (Lipinski definition) is 3. The van der Waals surface area contributed by atoms with Crippen molar-refractivity contribution in [2.24, 2.45) is 0 Å². The van der Waals surface area contributed by atoms with E-state index in [9.17, 15) is 4.79 Å². The highest BCUT2D eigenvalue weighted by atomic mass is 16.5. The van der Waals surface area contributed by atoms with Gasteiger partial charge in [0.25, 0.3) is 0 Å². The Kier molecular flexibility index (Phi) is 3.19. The monoisotopic (exact) mass is 221 g/mol. The SMILES string of the molecule is CCc1nc(C2CCOC2)ccc1C(=O)O. The molecule has 1 atom stereocenters. The fourth-order valence-electron chi connectivity index (χ4n) is 1.98. The molecule has 0 radical (unpaired) electrons. The minimum Gasteiger partial charge on any atom is -0.478 e. The fourth-order valence-corrected chi connectivity index (χ4v) is 1.98. The van der Waals surface area contributed by atoms with Gasteiger partial charge in [0.2, 0.25) is 0 Å². The first-order valence-electron chi connectivity index (χ1n) is 5.53. The lowest BCUT2D eigenvalue weighted by Gasteiger charge is -2.10. The van der Waals surface area contributed by atoms with Crippen LogP contribution in [0.15, 0.2) is 12.1 Å². The third-order valence-corrected chi connectivity index (χ3v) is 2.91. The Balaban J connectivity index is 2.32. The van der Waals surface area contributed by atoms with Crippen molar-refractivity contribution in [2.75, 3.05) is 13.2 Å². The minimum atomic E-state index is -0.904. The van der Waals surface area contributed by atoms with Crippen LogP contribution in [0.25, 0.3) is 0 Å². The van der Waals surface area contributed by atoms with Crippen LogP contribution in [-0.4, -0.2) is 29.3 Å². The summed E-state index contributed by atoms with van der Waals surface area (Å²) in [5.41, 5.74) is 1.93. The van der Waals surface area contributed by atoms with Gasteiger partial charge in [0.1, 0.15) is 0 Å². The summed E-state index contributed by atoms with van der Waals surface area (Å²) in [5, 5.41) is 8.99. The van der Waals surface area contributed by atoms with E-state index in [2.05, 4.69) is 4.98 Å². The molecule has 0 spiro atoms. The zero-order chi connectivity index (χ0) is 11.5. The van der Waals surface area contributed by atoms with Crippen molar-refractivity contribution < 1.29 is 14.6 Å². The lowest BCUT2D eigenvalue weighted by atomic mass is 10.0. The van der Waals surface area contributed by atoms with Crippen molar-refractivity contribution in [1.82, 2.24) is 4.98 Å². The standard InChI is InChI=1S/C12H15NO3/c1-2-10-9(12(14)15)3-4-11(13-10)8-5-6-16-7-8/h3-4,8H,2,5-7H2,1H3,(H,14,15). The summed E-state index contributed by atoms with van der Waals surface area (Å²) in [7, 11) is 0. The van der Waals surface area contributed by atoms with E-state index in [0.29, 0.717) is 30.2 Å². The molecule has 1 saturated heterocycles. The number of aromatic carboxylic acids is 1. The van der Waals surface area contributed by atoms with E-state index in [0.717, 1.165) is 18.7 Å². The van der Waals surface area contributed by atoms with E-state index in [1.54, 1.807) is 6.07 Å². The quantitative estimate of drug-likeness (QED) is 0.846. The molecule has 0 saturated carbocycles. The Morgan fingerprint density at radius 1 is 1.62 bits per heavy atom. The Hall–Kier alpha value is -1.42. The maximum atomic E-state index is 10.9. The molecule has 86 valence electrons. The minimum absolute atomic E-state index is 0.310. The molecule has 2 rings (SSSR count). The van der Waals surface area contributed by atoms with E-state index >= 15 is 0 Å². The molecule has 0 amide bonds. The summed E-state index contributed by atoms with van der Waals surface area (Å²) >= 11 is 0. The van der Waals surface area contributed by atoms with Crippen LogP contribution in [0.4, 0.5) is 0 Å². The number of carbonyl (C=O) groups is 1. The molecule has 1 aromatic rings. The number of rotatable bonds is 3. The van der Waals surface area contributed by atoms with Crippen LogP contribution < -0.4 is 0 Å². The van der Waals surface area contributed by atoms with E-state index in [1.165, 1.54) is 0 Å². The summed E-state index contributed by atoms with van der Waals surface area (Å²) in [6.07, 6.45) is 1.62. The maximum absolute atomic E-state index is 10.9. The zero-order valence-corrected chi connectivity index (χ0v) is 9.27. The summed E-state index contributed by atoms with van der Waals surface area (Å²) < 4.78 is 5.31. The van der Waals surface area contributed by atoms with Gasteiger partial charge < -0.3 is 9.84 Å². The van der Waals surface area contributed by atoms with E-state index in [4.69, 9.17) is 9.84 Å². The van der Waals surface area contributed by atoms with Gasteiger partial charge in [-0.25, -0.2) is 4.79 Å². The molecule has 0 aliphatic carbocycles. The highest BCUT2D eigenvalue weighted by molar-refractivity contribution is 5.88. The maximum Gasteiger partial charge on any atom is 0.337 e. The van der Waals surface area contributed by atoms with Gasteiger partial charge >= 0.3 is 5.97 Å². The summed E-state index contributed by atoms with van der Waals surface area (Å²) in [4.78, 5) is 15.4. The molecule has 16 heavy (non-hydrogen) atoms. The van der Waals surface area contributed by atoms with Gasteiger partial charge in [0.15, 0.2) is 0 Å². The van der Waals surface area contributed by atoms with Gasteiger partial charge in [0.05, 0.1) is 17.9 Å². The number of hydrogen-bond donors (Lipinski definition) is 1. The summed E-state index contributed by atoms with van der Waals surface area (Å²) in [5.74, 6) is -0.577. The van der Waals surface area contributed by atoms with Crippen LogP contribution in [0, 0.1) is 0 Å². The molecule has 2 heterocycles. The Bertz CT molecular complexity index is 397. The fraction of sp³-hybridized carbons (Fsp3) is 0.500.